The summed E-state index contributed by atoms with van der Waals surface area (Å²) in [6.07, 6.45) is 9.19. The molecule has 0 N–H and O–H groups in total. The van der Waals surface area contributed by atoms with Crippen molar-refractivity contribution in [1.29, 1.82) is 0 Å². The van der Waals surface area contributed by atoms with E-state index in [1.54, 1.807) is 0 Å². The van der Waals surface area contributed by atoms with Gasteiger partial charge in [-0.2, -0.15) is 5.57 Å². The molecule has 75 valence electrons. The fourth-order valence-corrected chi connectivity index (χ4v) is 1.09. The van der Waals surface area contributed by atoms with Gasteiger partial charge in [0.25, 0.3) is 0 Å². The molecule has 0 spiro atoms. The summed E-state index contributed by atoms with van der Waals surface area (Å²) in [6.45, 7) is 4.34. The summed E-state index contributed by atoms with van der Waals surface area (Å²) < 4.78 is 0. The smallest absolute Gasteiger partial charge is 1.00 e. The molecular formula is C9H13Cl3V. The maximum absolute atomic E-state index is 3.33. The van der Waals surface area contributed by atoms with Crippen LogP contribution in [0.5, 0.6) is 0 Å². The van der Waals surface area contributed by atoms with Crippen molar-refractivity contribution in [3.63, 3.8) is 0 Å². The molecule has 1 rings (SSSR count). The van der Waals surface area contributed by atoms with Gasteiger partial charge in [0.2, 0.25) is 0 Å². The zero-order valence-corrected chi connectivity index (χ0v) is 11.4. The van der Waals surface area contributed by atoms with Crippen molar-refractivity contribution in [3.05, 3.63) is 23.3 Å². The molecule has 0 aromatic heterocycles. The first-order chi connectivity index (χ1) is 4.33. The van der Waals surface area contributed by atoms with E-state index in [9.17, 15) is 0 Å². The van der Waals surface area contributed by atoms with Gasteiger partial charge in [-0.1, -0.05) is 33.1 Å². The summed E-state index contributed by atoms with van der Waals surface area (Å²) in [6, 6.07) is 0. The Morgan fingerprint density at radius 1 is 1.31 bits per heavy atom. The van der Waals surface area contributed by atoms with E-state index in [4.69, 9.17) is 0 Å². The van der Waals surface area contributed by atoms with E-state index >= 15 is 0 Å². The first-order valence-corrected chi connectivity index (χ1v) is 3.61. The van der Waals surface area contributed by atoms with E-state index in [2.05, 4.69) is 26.0 Å². The van der Waals surface area contributed by atoms with Crippen LogP contribution in [0.4, 0.5) is 0 Å². The molecule has 0 heterocycles. The van der Waals surface area contributed by atoms with Crippen LogP contribution in [0, 0.1) is 6.08 Å². The normalized spacial score (nSPS) is 12.2. The standard InChI is InChI=1S/C9H13.3ClH.V/c1-3-4-9-6-5-8(2)7-9;;;;/h6H,3-5H2,1-2H3;3*1H;/q-1;;;;+4/p-3. The quantitative estimate of drug-likeness (QED) is 0.441. The van der Waals surface area contributed by atoms with Gasteiger partial charge < -0.3 is 37.2 Å². The van der Waals surface area contributed by atoms with E-state index in [-0.39, 0.29) is 55.8 Å². The molecule has 0 fully saturated rings. The third-order valence-electron chi connectivity index (χ3n) is 1.55. The second-order valence-electron chi connectivity index (χ2n) is 2.59. The Morgan fingerprint density at radius 3 is 2.15 bits per heavy atom. The average molecular weight is 279 g/mol. The van der Waals surface area contributed by atoms with Crippen molar-refractivity contribution in [3.8, 4) is 0 Å². The summed E-state index contributed by atoms with van der Waals surface area (Å²) in [5.41, 5.74) is 2.80. The molecule has 0 bridgehead atoms. The molecule has 4 heteroatoms. The first kappa shape index (κ1) is 23.6. The van der Waals surface area contributed by atoms with Crippen molar-refractivity contribution in [2.24, 2.45) is 0 Å². The van der Waals surface area contributed by atoms with E-state index in [1.165, 1.54) is 24.0 Å². The molecule has 1 radical (unpaired) electrons. The van der Waals surface area contributed by atoms with Gasteiger partial charge in [0.15, 0.2) is 0 Å². The average Bonchev–Trinajstić information content (AvgIpc) is 2.17. The van der Waals surface area contributed by atoms with Gasteiger partial charge in [-0.25, -0.2) is 17.7 Å². The molecule has 1 aliphatic rings. The summed E-state index contributed by atoms with van der Waals surface area (Å²) in [4.78, 5) is 0. The Bertz CT molecular complexity index is 164. The van der Waals surface area contributed by atoms with Crippen molar-refractivity contribution < 1.29 is 55.8 Å². The molecule has 0 amide bonds. The topological polar surface area (TPSA) is 0 Å². The summed E-state index contributed by atoms with van der Waals surface area (Å²) in [5.74, 6) is 0. The maximum Gasteiger partial charge on any atom is 4.00 e. The Kier molecular flexibility index (Phi) is 23.5. The largest absolute Gasteiger partial charge is 4.00 e. The predicted molar refractivity (Wildman–Crippen MR) is 40.0 cm³/mol. The minimum absolute atomic E-state index is 0. The Balaban J connectivity index is -0.000000101. The number of hydrogen-bond donors (Lipinski definition) is 0. The van der Waals surface area contributed by atoms with Crippen LogP contribution in [0.15, 0.2) is 17.2 Å². The number of hydrogen-bond acceptors (Lipinski definition) is 0. The summed E-state index contributed by atoms with van der Waals surface area (Å²) >= 11 is 0. The Hall–Kier alpha value is 0.934. The van der Waals surface area contributed by atoms with E-state index in [0.29, 0.717) is 0 Å². The number of halogens is 3. The molecule has 1 aliphatic carbocycles. The van der Waals surface area contributed by atoms with Crippen LogP contribution in [0.25, 0.3) is 0 Å². The van der Waals surface area contributed by atoms with Gasteiger partial charge >= 0.3 is 18.6 Å². The fourth-order valence-electron chi connectivity index (χ4n) is 1.09. The van der Waals surface area contributed by atoms with Gasteiger partial charge in [0.1, 0.15) is 0 Å². The Labute approximate surface area is 112 Å². The van der Waals surface area contributed by atoms with E-state index < -0.39 is 0 Å². The van der Waals surface area contributed by atoms with Gasteiger partial charge in [0.05, 0.1) is 0 Å². The third kappa shape index (κ3) is 9.24. The van der Waals surface area contributed by atoms with E-state index in [1.807, 2.05) is 0 Å². The van der Waals surface area contributed by atoms with Gasteiger partial charge in [-0.15, -0.1) is 0 Å². The SMILES string of the molecule is CCCC1=CCC(C)=[C-]1.[Cl-].[Cl-].[Cl-].[V+4]. The Morgan fingerprint density at radius 2 is 1.85 bits per heavy atom. The van der Waals surface area contributed by atoms with Crippen molar-refractivity contribution >= 4 is 0 Å². The number of allylic oxidation sites excluding steroid dienone is 4. The molecule has 0 saturated heterocycles. The molecule has 0 aliphatic heterocycles. The zero-order chi connectivity index (χ0) is 6.69. The van der Waals surface area contributed by atoms with Gasteiger partial charge in [-0.05, 0) is 0 Å². The van der Waals surface area contributed by atoms with Crippen LogP contribution >= 0.6 is 0 Å². The van der Waals surface area contributed by atoms with Crippen LogP contribution in [0.3, 0.4) is 0 Å². The first-order valence-electron chi connectivity index (χ1n) is 3.61. The van der Waals surface area contributed by atoms with Crippen LogP contribution in [0.1, 0.15) is 33.1 Å². The predicted octanol–water partition coefficient (Wildman–Crippen LogP) is -6.12. The van der Waals surface area contributed by atoms with Crippen LogP contribution in [-0.4, -0.2) is 0 Å². The minimum Gasteiger partial charge on any atom is -1.00 e. The maximum atomic E-state index is 3.33. The second-order valence-corrected chi connectivity index (χ2v) is 2.59. The molecule has 0 unspecified atom stereocenters. The molecule has 0 atom stereocenters. The third-order valence-corrected chi connectivity index (χ3v) is 1.55. The van der Waals surface area contributed by atoms with Crippen molar-refractivity contribution in [2.75, 3.05) is 0 Å². The molecule has 0 saturated carbocycles. The minimum atomic E-state index is 0. The van der Waals surface area contributed by atoms with Crippen molar-refractivity contribution in [2.45, 2.75) is 33.1 Å². The van der Waals surface area contributed by atoms with Crippen LogP contribution in [0.2, 0.25) is 0 Å². The molecular weight excluding hydrogens is 265 g/mol. The fraction of sp³-hybridized carbons (Fsp3) is 0.556. The molecule has 0 aromatic carbocycles. The molecule has 13 heavy (non-hydrogen) atoms. The summed E-state index contributed by atoms with van der Waals surface area (Å²) in [7, 11) is 0. The zero-order valence-electron chi connectivity index (χ0n) is 7.78. The molecule has 0 aromatic rings. The van der Waals surface area contributed by atoms with Crippen LogP contribution in [-0.2, 0) is 18.6 Å². The van der Waals surface area contributed by atoms with Crippen molar-refractivity contribution in [1.82, 2.24) is 0 Å². The monoisotopic (exact) mass is 277 g/mol. The van der Waals surface area contributed by atoms with Gasteiger partial charge in [-0.3, -0.25) is 0 Å². The van der Waals surface area contributed by atoms with Gasteiger partial charge in [0, 0.05) is 0 Å². The van der Waals surface area contributed by atoms with E-state index in [0.717, 1.165) is 6.42 Å². The summed E-state index contributed by atoms with van der Waals surface area (Å²) in [5, 5.41) is 0. The second kappa shape index (κ2) is 12.9. The number of rotatable bonds is 2. The van der Waals surface area contributed by atoms with Crippen LogP contribution < -0.4 is 37.2 Å². The molecule has 0 nitrogen and oxygen atoms in total.